The van der Waals surface area contributed by atoms with E-state index >= 15 is 0 Å². The van der Waals surface area contributed by atoms with Crippen LogP contribution in [0.4, 0.5) is 0 Å². The van der Waals surface area contributed by atoms with Crippen molar-refractivity contribution in [2.45, 2.75) is 0 Å². The summed E-state index contributed by atoms with van der Waals surface area (Å²) in [4.78, 5) is 9.89. The molecule has 12 rings (SSSR count). The molecule has 0 amide bonds. The number of nitrogens with zero attached hydrogens (tertiary/aromatic N) is 4. The van der Waals surface area contributed by atoms with Crippen molar-refractivity contribution < 1.29 is 4.42 Å². The van der Waals surface area contributed by atoms with Gasteiger partial charge in [-0.25, -0.2) is 9.97 Å². The highest BCUT2D eigenvalue weighted by molar-refractivity contribution is 6.13. The summed E-state index contributed by atoms with van der Waals surface area (Å²) in [6, 6.07) is 62.9. The Labute approximate surface area is 315 Å². The molecule has 5 nitrogen and oxygen atoms in total. The van der Waals surface area contributed by atoms with Crippen LogP contribution in [0.2, 0.25) is 0 Å². The lowest BCUT2D eigenvalue weighted by Gasteiger charge is -2.11. The molecular formula is C50H30N4O. The van der Waals surface area contributed by atoms with Gasteiger partial charge in [0, 0.05) is 43.9 Å². The molecule has 0 atom stereocenters. The van der Waals surface area contributed by atoms with Crippen LogP contribution in [0.3, 0.4) is 0 Å². The minimum Gasteiger partial charge on any atom is -0.436 e. The SMILES string of the molecule is c1ccc(-n2c3ccccc3c3cc(-c4ccc5c6ccccc6n(-c6cccc(-c7cnc8oc9cc%10ccccc%10cc9c8n7)c6)c5c4)ccc32)cc1. The van der Waals surface area contributed by atoms with Crippen molar-refractivity contribution in [3.63, 3.8) is 0 Å². The van der Waals surface area contributed by atoms with Crippen LogP contribution in [0.5, 0.6) is 0 Å². The quantitative estimate of drug-likeness (QED) is 0.183. The zero-order chi connectivity index (χ0) is 36.0. The lowest BCUT2D eigenvalue weighted by Crippen LogP contribution is -1.95. The highest BCUT2D eigenvalue weighted by Crippen LogP contribution is 2.39. The molecule has 0 radical (unpaired) electrons. The molecule has 0 aliphatic carbocycles. The Morgan fingerprint density at radius 1 is 0.400 bits per heavy atom. The number of hydrogen-bond donors (Lipinski definition) is 0. The maximum Gasteiger partial charge on any atom is 0.246 e. The molecule has 0 spiro atoms. The van der Waals surface area contributed by atoms with E-state index in [1.165, 1.54) is 43.7 Å². The smallest absolute Gasteiger partial charge is 0.246 e. The second-order valence-corrected chi connectivity index (χ2v) is 14.3. The summed E-state index contributed by atoms with van der Waals surface area (Å²) in [7, 11) is 0. The average Bonchev–Trinajstić information content (AvgIpc) is 3.89. The van der Waals surface area contributed by atoms with Gasteiger partial charge in [-0.05, 0) is 88.6 Å². The van der Waals surface area contributed by atoms with E-state index in [9.17, 15) is 0 Å². The first-order valence-corrected chi connectivity index (χ1v) is 18.6. The van der Waals surface area contributed by atoms with Crippen molar-refractivity contribution in [3.05, 3.63) is 182 Å². The van der Waals surface area contributed by atoms with Crippen LogP contribution in [0.25, 0.3) is 110 Å². The van der Waals surface area contributed by atoms with E-state index in [2.05, 4.69) is 179 Å². The molecule has 0 saturated carbocycles. The largest absolute Gasteiger partial charge is 0.436 e. The van der Waals surface area contributed by atoms with Gasteiger partial charge in [-0.3, -0.25) is 0 Å². The van der Waals surface area contributed by atoms with Crippen LogP contribution in [-0.2, 0) is 0 Å². The van der Waals surface area contributed by atoms with Gasteiger partial charge in [0.1, 0.15) is 11.1 Å². The van der Waals surface area contributed by atoms with Crippen molar-refractivity contribution >= 4 is 76.6 Å². The fourth-order valence-corrected chi connectivity index (χ4v) is 8.60. The first-order valence-electron chi connectivity index (χ1n) is 18.6. The molecule has 55 heavy (non-hydrogen) atoms. The summed E-state index contributed by atoms with van der Waals surface area (Å²) in [5.41, 5.74) is 13.2. The molecular weight excluding hydrogens is 673 g/mol. The zero-order valence-electron chi connectivity index (χ0n) is 29.5. The van der Waals surface area contributed by atoms with Crippen LogP contribution in [0, 0.1) is 0 Å². The molecule has 0 aliphatic heterocycles. The van der Waals surface area contributed by atoms with Gasteiger partial charge in [-0.15, -0.1) is 0 Å². The molecule has 0 fully saturated rings. The third kappa shape index (κ3) is 4.53. The number of aromatic nitrogens is 4. The predicted octanol–water partition coefficient (Wildman–Crippen LogP) is 13.1. The number of para-hydroxylation sites is 3. The van der Waals surface area contributed by atoms with E-state index < -0.39 is 0 Å². The van der Waals surface area contributed by atoms with E-state index in [1.54, 1.807) is 0 Å². The summed E-state index contributed by atoms with van der Waals surface area (Å²) in [5, 5.41) is 8.16. The van der Waals surface area contributed by atoms with Gasteiger partial charge in [0.25, 0.3) is 0 Å². The van der Waals surface area contributed by atoms with Gasteiger partial charge < -0.3 is 13.6 Å². The van der Waals surface area contributed by atoms with E-state index in [-0.39, 0.29) is 0 Å². The highest BCUT2D eigenvalue weighted by Gasteiger charge is 2.18. The molecule has 0 saturated heterocycles. The van der Waals surface area contributed by atoms with Gasteiger partial charge in [-0.2, -0.15) is 0 Å². The molecule has 0 unspecified atom stereocenters. The second kappa shape index (κ2) is 11.5. The lowest BCUT2D eigenvalue weighted by molar-refractivity contribution is 0.653. The Kier molecular flexibility index (Phi) is 6.27. The molecule has 4 aromatic heterocycles. The van der Waals surface area contributed by atoms with Crippen LogP contribution in [0.15, 0.2) is 187 Å². The van der Waals surface area contributed by atoms with Gasteiger partial charge >= 0.3 is 0 Å². The first-order chi connectivity index (χ1) is 27.2. The maximum absolute atomic E-state index is 6.17. The Hall–Kier alpha value is -7.50. The molecule has 256 valence electrons. The maximum atomic E-state index is 6.17. The number of furan rings is 1. The average molecular weight is 703 g/mol. The Morgan fingerprint density at radius 2 is 1.04 bits per heavy atom. The molecule has 8 aromatic carbocycles. The Morgan fingerprint density at radius 3 is 1.87 bits per heavy atom. The van der Waals surface area contributed by atoms with Crippen LogP contribution in [-0.4, -0.2) is 19.1 Å². The minimum absolute atomic E-state index is 0.544. The summed E-state index contributed by atoms with van der Waals surface area (Å²) in [6.07, 6.45) is 1.82. The first kappa shape index (κ1) is 30.0. The third-order valence-electron chi connectivity index (χ3n) is 11.1. The van der Waals surface area contributed by atoms with E-state index in [0.717, 1.165) is 60.9 Å². The summed E-state index contributed by atoms with van der Waals surface area (Å²) in [6.45, 7) is 0. The summed E-state index contributed by atoms with van der Waals surface area (Å²) in [5.74, 6) is 0. The normalized spacial score (nSPS) is 12.0. The van der Waals surface area contributed by atoms with E-state index in [4.69, 9.17) is 14.4 Å². The standard InChI is InChI=1S/C50H30N4O/c1-2-14-36(15-3-1)53-45-20-9-7-18-39(45)41-26-33(22-24-46(41)53)34-21-23-40-38-17-6-8-19-44(38)54(47(40)28-34)37-16-10-13-35(25-37)43-30-51-50-49(52-43)42-27-31-11-4-5-12-32(31)29-48(42)55-50/h1-30H. The zero-order valence-corrected chi connectivity index (χ0v) is 29.5. The van der Waals surface area contributed by atoms with E-state index in [1.807, 2.05) is 12.3 Å². The lowest BCUT2D eigenvalue weighted by atomic mass is 10.0. The summed E-state index contributed by atoms with van der Waals surface area (Å²) >= 11 is 0. The van der Waals surface area contributed by atoms with Gasteiger partial charge in [0.05, 0.1) is 34.0 Å². The van der Waals surface area contributed by atoms with Gasteiger partial charge in [0.2, 0.25) is 5.71 Å². The second-order valence-electron chi connectivity index (χ2n) is 14.3. The molecule has 5 heteroatoms. The minimum atomic E-state index is 0.544. The van der Waals surface area contributed by atoms with Gasteiger partial charge in [-0.1, -0.05) is 109 Å². The van der Waals surface area contributed by atoms with Crippen LogP contribution < -0.4 is 0 Å². The highest BCUT2D eigenvalue weighted by atomic mass is 16.3. The fraction of sp³-hybridized carbons (Fsp3) is 0. The van der Waals surface area contributed by atoms with Crippen molar-refractivity contribution in [3.8, 4) is 33.8 Å². The molecule has 0 N–H and O–H groups in total. The number of hydrogen-bond acceptors (Lipinski definition) is 3. The molecule has 12 aromatic rings. The Bertz CT molecular complexity index is 3500. The topological polar surface area (TPSA) is 48.8 Å². The number of benzene rings is 8. The van der Waals surface area contributed by atoms with E-state index in [0.29, 0.717) is 5.71 Å². The van der Waals surface area contributed by atoms with Crippen molar-refractivity contribution in [1.82, 2.24) is 19.1 Å². The summed E-state index contributed by atoms with van der Waals surface area (Å²) < 4.78 is 10.9. The molecule has 0 aliphatic rings. The van der Waals surface area contributed by atoms with Crippen LogP contribution >= 0.6 is 0 Å². The molecule has 0 bridgehead atoms. The predicted molar refractivity (Wildman–Crippen MR) is 226 cm³/mol. The monoisotopic (exact) mass is 702 g/mol. The van der Waals surface area contributed by atoms with Gasteiger partial charge in [0.15, 0.2) is 0 Å². The van der Waals surface area contributed by atoms with Crippen molar-refractivity contribution in [1.29, 1.82) is 0 Å². The molecule has 4 heterocycles. The fourth-order valence-electron chi connectivity index (χ4n) is 8.60. The Balaban J connectivity index is 1.01. The number of rotatable bonds is 4. The van der Waals surface area contributed by atoms with Crippen molar-refractivity contribution in [2.75, 3.05) is 0 Å². The van der Waals surface area contributed by atoms with Crippen LogP contribution in [0.1, 0.15) is 0 Å². The third-order valence-corrected chi connectivity index (χ3v) is 11.1. The van der Waals surface area contributed by atoms with Crippen molar-refractivity contribution in [2.24, 2.45) is 0 Å². The number of fused-ring (bicyclic) bond motifs is 10.